The van der Waals surface area contributed by atoms with Crippen LogP contribution in [-0.2, 0) is 9.53 Å². The fourth-order valence-corrected chi connectivity index (χ4v) is 5.27. The van der Waals surface area contributed by atoms with Crippen LogP contribution in [0.2, 0.25) is 0 Å². The number of halogens is 4. The van der Waals surface area contributed by atoms with Crippen molar-refractivity contribution in [3.05, 3.63) is 47.2 Å². The van der Waals surface area contributed by atoms with E-state index in [1.165, 1.54) is 11.3 Å². The molecule has 9 nitrogen and oxygen atoms in total. The second-order valence-electron chi connectivity index (χ2n) is 7.30. The highest BCUT2D eigenvalue weighted by Gasteiger charge is 2.38. The number of nitrogens with one attached hydrogen (secondary N) is 2. The lowest BCUT2D eigenvalue weighted by Crippen LogP contribution is -2.36. The number of amides is 1. The highest BCUT2D eigenvalue weighted by molar-refractivity contribution is 7.29. The number of carbonyl (C=O) groups excluding carboxylic acids is 1. The zero-order valence-electron chi connectivity index (χ0n) is 18.1. The Morgan fingerprint density at radius 3 is 2.36 bits per heavy atom. The van der Waals surface area contributed by atoms with Crippen molar-refractivity contribution in [1.82, 2.24) is 15.2 Å². The van der Waals surface area contributed by atoms with Crippen molar-refractivity contribution < 1.29 is 37.0 Å². The van der Waals surface area contributed by atoms with E-state index >= 15 is 0 Å². The number of hydrogen-bond donors (Lipinski definition) is 3. The maximum Gasteiger partial charge on any atom is 0.490 e. The topological polar surface area (TPSA) is 120 Å². The number of carboxylic acid groups (broad SMARTS) is 1. The van der Waals surface area contributed by atoms with Crippen molar-refractivity contribution in [3.8, 4) is 11.3 Å². The van der Waals surface area contributed by atoms with Gasteiger partial charge in [-0.05, 0) is 18.2 Å². The van der Waals surface area contributed by atoms with Gasteiger partial charge in [-0.1, -0.05) is 23.5 Å². The van der Waals surface area contributed by atoms with Gasteiger partial charge in [0.05, 0.1) is 29.0 Å². The lowest BCUT2D eigenvalue weighted by atomic mass is 10.1. The Bertz CT molecular complexity index is 1330. The smallest absolute Gasteiger partial charge is 0.475 e. The normalized spacial score (nSPS) is 13.8. The molecule has 0 radical (unpaired) electrons. The molecule has 4 aromatic rings. The average Bonchev–Trinajstić information content (AvgIpc) is 3.55. The van der Waals surface area contributed by atoms with Crippen LogP contribution >= 0.6 is 22.7 Å². The molecule has 0 saturated carbocycles. The van der Waals surface area contributed by atoms with Gasteiger partial charge in [0.1, 0.15) is 10.5 Å². The van der Waals surface area contributed by atoms with Crippen LogP contribution in [0.5, 0.6) is 0 Å². The van der Waals surface area contributed by atoms with Gasteiger partial charge in [-0.2, -0.15) is 18.3 Å². The predicted octanol–water partition coefficient (Wildman–Crippen LogP) is 4.61. The number of thiophene rings is 1. The summed E-state index contributed by atoms with van der Waals surface area (Å²) in [6.07, 6.45) is -3.95. The molecule has 1 aliphatic heterocycles. The van der Waals surface area contributed by atoms with Gasteiger partial charge in [-0.3, -0.25) is 9.89 Å². The number of benzene rings is 1. The SMILES string of the molecule is O=C(Nc1ccc(-c2[nH]ncc2F)cc1)c1cc2sc(N3CCOCC3)nc2s1.O=C(O)C(F)(F)F. The van der Waals surface area contributed by atoms with E-state index in [0.29, 0.717) is 35.0 Å². The van der Waals surface area contributed by atoms with E-state index in [4.69, 9.17) is 14.6 Å². The minimum atomic E-state index is -5.08. The molecule has 15 heteroatoms. The van der Waals surface area contributed by atoms with Gasteiger partial charge in [0, 0.05) is 24.3 Å². The number of ether oxygens (including phenoxy) is 1. The van der Waals surface area contributed by atoms with Crippen LogP contribution in [0, 0.1) is 5.82 Å². The second-order valence-corrected chi connectivity index (χ2v) is 9.34. The summed E-state index contributed by atoms with van der Waals surface area (Å²) in [5, 5.41) is 17.3. The molecule has 0 unspecified atom stereocenters. The molecule has 1 aliphatic rings. The number of aromatic nitrogens is 3. The summed E-state index contributed by atoms with van der Waals surface area (Å²) >= 11 is 2.97. The van der Waals surface area contributed by atoms with Crippen molar-refractivity contribution in [3.63, 3.8) is 0 Å². The number of hydrogen-bond acceptors (Lipinski definition) is 8. The molecule has 1 saturated heterocycles. The van der Waals surface area contributed by atoms with Crippen LogP contribution in [0.25, 0.3) is 20.8 Å². The maximum atomic E-state index is 13.6. The molecule has 1 aromatic carbocycles. The molecule has 3 N–H and O–H groups in total. The number of fused-ring (bicyclic) bond motifs is 1. The molecule has 1 amide bonds. The van der Waals surface area contributed by atoms with Gasteiger partial charge < -0.3 is 20.1 Å². The summed E-state index contributed by atoms with van der Waals surface area (Å²) in [5.41, 5.74) is 1.62. The van der Waals surface area contributed by atoms with Crippen molar-refractivity contribution in [1.29, 1.82) is 0 Å². The number of thiazole rings is 1. The first-order valence-electron chi connectivity index (χ1n) is 10.3. The highest BCUT2D eigenvalue weighted by Crippen LogP contribution is 2.35. The van der Waals surface area contributed by atoms with Crippen LogP contribution in [0.3, 0.4) is 0 Å². The summed E-state index contributed by atoms with van der Waals surface area (Å²) in [7, 11) is 0. The zero-order chi connectivity index (χ0) is 25.9. The molecule has 0 bridgehead atoms. The van der Waals surface area contributed by atoms with Crippen LogP contribution in [0.4, 0.5) is 28.4 Å². The molecule has 0 atom stereocenters. The first kappa shape index (κ1) is 25.5. The molecular weight excluding hydrogens is 526 g/mol. The standard InChI is InChI=1S/C19H16FN5O2S2.C2HF3O2/c20-13-10-21-24-16(13)11-1-3-12(4-2-11)22-17(26)14-9-15-18(28-14)23-19(29-15)25-5-7-27-8-6-25;3-2(4,5)1(6)7/h1-4,9-10H,5-8H2,(H,21,24)(H,22,26);(H,6,7). The van der Waals surface area contributed by atoms with Crippen LogP contribution in [0.15, 0.2) is 36.5 Å². The number of alkyl halides is 3. The molecule has 0 spiro atoms. The predicted molar refractivity (Wildman–Crippen MR) is 126 cm³/mol. The maximum absolute atomic E-state index is 13.6. The Kier molecular flexibility index (Phi) is 7.51. The number of rotatable bonds is 4. The highest BCUT2D eigenvalue weighted by atomic mass is 32.1. The van der Waals surface area contributed by atoms with E-state index < -0.39 is 18.0 Å². The Hall–Kier alpha value is -3.56. The average molecular weight is 544 g/mol. The number of carboxylic acids is 1. The number of nitrogens with zero attached hydrogens (tertiary/aromatic N) is 3. The summed E-state index contributed by atoms with van der Waals surface area (Å²) in [5.74, 6) is -3.36. The van der Waals surface area contributed by atoms with E-state index in [0.717, 1.165) is 33.9 Å². The Balaban J connectivity index is 0.000000384. The van der Waals surface area contributed by atoms with Crippen molar-refractivity contribution >= 4 is 54.9 Å². The molecule has 3 aromatic heterocycles. The van der Waals surface area contributed by atoms with Crippen molar-refractivity contribution in [2.75, 3.05) is 36.5 Å². The fraction of sp³-hybridized carbons (Fsp3) is 0.238. The minimum Gasteiger partial charge on any atom is -0.475 e. The molecular formula is C21H17F4N5O4S2. The largest absolute Gasteiger partial charge is 0.490 e. The van der Waals surface area contributed by atoms with Gasteiger partial charge in [0.25, 0.3) is 5.91 Å². The quantitative estimate of drug-likeness (QED) is 0.322. The second kappa shape index (κ2) is 10.6. The number of aliphatic carboxylic acids is 1. The Morgan fingerprint density at radius 2 is 1.81 bits per heavy atom. The van der Waals surface area contributed by atoms with E-state index in [1.807, 2.05) is 6.07 Å². The summed E-state index contributed by atoms with van der Waals surface area (Å²) < 4.78 is 51.7. The van der Waals surface area contributed by atoms with Gasteiger partial charge >= 0.3 is 12.1 Å². The van der Waals surface area contributed by atoms with Crippen LogP contribution in [0.1, 0.15) is 9.67 Å². The molecule has 190 valence electrons. The lowest BCUT2D eigenvalue weighted by molar-refractivity contribution is -0.192. The molecule has 4 heterocycles. The summed E-state index contributed by atoms with van der Waals surface area (Å²) in [6.45, 7) is 3.11. The molecule has 0 aliphatic carbocycles. The lowest BCUT2D eigenvalue weighted by Gasteiger charge is -2.25. The van der Waals surface area contributed by atoms with Crippen LogP contribution < -0.4 is 10.2 Å². The van der Waals surface area contributed by atoms with E-state index in [-0.39, 0.29) is 5.91 Å². The fourth-order valence-electron chi connectivity index (χ4n) is 3.11. The van der Waals surface area contributed by atoms with Crippen LogP contribution in [-0.4, -0.2) is 64.6 Å². The summed E-state index contributed by atoms with van der Waals surface area (Å²) in [6, 6.07) is 8.81. The number of morpholine rings is 1. The Labute approximate surface area is 208 Å². The van der Waals surface area contributed by atoms with Gasteiger partial charge in [-0.15, -0.1) is 11.3 Å². The first-order valence-corrected chi connectivity index (χ1v) is 11.9. The molecule has 5 rings (SSSR count). The third-order valence-corrected chi connectivity index (χ3v) is 7.07. The third-order valence-electron chi connectivity index (χ3n) is 4.85. The first-order chi connectivity index (χ1) is 17.1. The number of aromatic amines is 1. The summed E-state index contributed by atoms with van der Waals surface area (Å²) in [4.78, 5) is 29.9. The number of carbonyl (C=O) groups is 2. The van der Waals surface area contributed by atoms with Crippen molar-refractivity contribution in [2.45, 2.75) is 6.18 Å². The van der Waals surface area contributed by atoms with Gasteiger partial charge in [-0.25, -0.2) is 14.2 Å². The van der Waals surface area contributed by atoms with Gasteiger partial charge in [0.2, 0.25) is 0 Å². The number of H-pyrrole nitrogens is 1. The van der Waals surface area contributed by atoms with E-state index in [1.54, 1.807) is 35.6 Å². The number of anilines is 2. The molecule has 1 fully saturated rings. The minimum absolute atomic E-state index is 0.186. The Morgan fingerprint density at radius 1 is 1.14 bits per heavy atom. The molecule has 36 heavy (non-hydrogen) atoms. The third kappa shape index (κ3) is 5.98. The zero-order valence-corrected chi connectivity index (χ0v) is 19.8. The van der Waals surface area contributed by atoms with E-state index in [9.17, 15) is 22.4 Å². The monoisotopic (exact) mass is 543 g/mol. The van der Waals surface area contributed by atoms with Gasteiger partial charge in [0.15, 0.2) is 10.9 Å². The van der Waals surface area contributed by atoms with E-state index in [2.05, 4.69) is 25.4 Å². The van der Waals surface area contributed by atoms with Crippen molar-refractivity contribution in [2.24, 2.45) is 0 Å².